The molecule has 0 aromatic heterocycles. The highest BCUT2D eigenvalue weighted by Crippen LogP contribution is 2.31. The Morgan fingerprint density at radius 1 is 1.12 bits per heavy atom. The van der Waals surface area contributed by atoms with Crippen LogP contribution >= 0.6 is 0 Å². The van der Waals surface area contributed by atoms with E-state index in [9.17, 15) is 13.2 Å². The van der Waals surface area contributed by atoms with Crippen molar-refractivity contribution in [2.45, 2.75) is 18.9 Å². The Kier molecular flexibility index (Phi) is 3.69. The maximum Gasteiger partial charge on any atom is 0.133 e. The number of benzene rings is 1. The number of halogens is 3. The molecular weight excluding hydrogens is 231 g/mol. The molecule has 2 N–H and O–H groups in total. The van der Waals surface area contributed by atoms with Crippen LogP contribution in [0.25, 0.3) is 0 Å². The van der Waals surface area contributed by atoms with Gasteiger partial charge in [-0.25, -0.2) is 13.2 Å². The molecule has 17 heavy (non-hydrogen) atoms. The standard InChI is InChI=1S/C12H14F3NO/c13-8-5-9(14)11(10(15)6-8)12(16)7-1-3-17-4-2-7/h5-7,12H,1-4,16H2/t12-/m1/s1. The Bertz CT molecular complexity index is 382. The fraction of sp³-hybridized carbons (Fsp3) is 0.500. The second-order valence-corrected chi connectivity index (χ2v) is 4.26. The largest absolute Gasteiger partial charge is 0.381 e. The zero-order valence-corrected chi connectivity index (χ0v) is 9.26. The van der Waals surface area contributed by atoms with Gasteiger partial charge in [0.15, 0.2) is 0 Å². The van der Waals surface area contributed by atoms with E-state index in [0.29, 0.717) is 38.2 Å². The molecule has 1 aliphatic rings. The highest BCUT2D eigenvalue weighted by molar-refractivity contribution is 5.24. The summed E-state index contributed by atoms with van der Waals surface area (Å²) < 4.78 is 45.0. The molecule has 1 heterocycles. The average molecular weight is 245 g/mol. The molecule has 1 atom stereocenters. The van der Waals surface area contributed by atoms with Crippen molar-refractivity contribution in [3.05, 3.63) is 35.1 Å². The fourth-order valence-electron chi connectivity index (χ4n) is 2.18. The van der Waals surface area contributed by atoms with E-state index in [-0.39, 0.29) is 11.5 Å². The topological polar surface area (TPSA) is 35.2 Å². The van der Waals surface area contributed by atoms with Crippen LogP contribution in [0.1, 0.15) is 24.4 Å². The van der Waals surface area contributed by atoms with Gasteiger partial charge in [-0.3, -0.25) is 0 Å². The van der Waals surface area contributed by atoms with E-state index in [4.69, 9.17) is 10.5 Å². The molecule has 1 aliphatic heterocycles. The molecular formula is C12H14F3NO. The third-order valence-corrected chi connectivity index (χ3v) is 3.15. The molecule has 0 saturated carbocycles. The van der Waals surface area contributed by atoms with Gasteiger partial charge in [-0.15, -0.1) is 0 Å². The minimum absolute atomic E-state index is 0.0294. The molecule has 0 unspecified atom stereocenters. The van der Waals surface area contributed by atoms with E-state index < -0.39 is 23.5 Å². The number of ether oxygens (including phenoxy) is 1. The molecule has 2 rings (SSSR count). The Morgan fingerprint density at radius 3 is 2.18 bits per heavy atom. The maximum atomic E-state index is 13.5. The van der Waals surface area contributed by atoms with Crippen LogP contribution in [0.3, 0.4) is 0 Å². The first-order valence-electron chi connectivity index (χ1n) is 5.57. The Morgan fingerprint density at radius 2 is 1.65 bits per heavy atom. The lowest BCUT2D eigenvalue weighted by molar-refractivity contribution is 0.0575. The monoisotopic (exact) mass is 245 g/mol. The van der Waals surface area contributed by atoms with Crippen molar-refractivity contribution in [2.24, 2.45) is 11.7 Å². The first kappa shape index (κ1) is 12.4. The highest BCUT2D eigenvalue weighted by Gasteiger charge is 2.27. The van der Waals surface area contributed by atoms with E-state index in [1.54, 1.807) is 0 Å². The molecule has 0 bridgehead atoms. The van der Waals surface area contributed by atoms with Gasteiger partial charge in [-0.05, 0) is 18.8 Å². The van der Waals surface area contributed by atoms with Gasteiger partial charge in [-0.2, -0.15) is 0 Å². The lowest BCUT2D eigenvalue weighted by Gasteiger charge is -2.28. The van der Waals surface area contributed by atoms with Crippen molar-refractivity contribution in [3.8, 4) is 0 Å². The zero-order chi connectivity index (χ0) is 12.4. The Labute approximate surface area is 97.6 Å². The average Bonchev–Trinajstić information content (AvgIpc) is 2.28. The summed E-state index contributed by atoms with van der Waals surface area (Å²) >= 11 is 0. The minimum atomic E-state index is -0.928. The first-order chi connectivity index (χ1) is 8.09. The predicted octanol–water partition coefficient (Wildman–Crippen LogP) is 2.53. The minimum Gasteiger partial charge on any atom is -0.381 e. The van der Waals surface area contributed by atoms with Gasteiger partial charge in [-0.1, -0.05) is 0 Å². The summed E-state index contributed by atoms with van der Waals surface area (Å²) in [4.78, 5) is 0. The third kappa shape index (κ3) is 2.61. The fourth-order valence-corrected chi connectivity index (χ4v) is 2.18. The first-order valence-corrected chi connectivity index (χ1v) is 5.57. The van der Waals surface area contributed by atoms with Crippen LogP contribution < -0.4 is 5.73 Å². The number of rotatable bonds is 2. The van der Waals surface area contributed by atoms with Crippen LogP contribution in [0.4, 0.5) is 13.2 Å². The number of nitrogens with two attached hydrogens (primary N) is 1. The van der Waals surface area contributed by atoms with Gasteiger partial charge >= 0.3 is 0 Å². The van der Waals surface area contributed by atoms with Crippen molar-refractivity contribution < 1.29 is 17.9 Å². The summed E-state index contributed by atoms with van der Waals surface area (Å²) in [5.41, 5.74) is 5.64. The summed E-state index contributed by atoms with van der Waals surface area (Å²) in [6, 6.07) is 0.578. The summed E-state index contributed by atoms with van der Waals surface area (Å²) in [5.74, 6) is -2.79. The van der Waals surface area contributed by atoms with E-state index in [2.05, 4.69) is 0 Å². The molecule has 1 aromatic rings. The normalized spacial score (nSPS) is 19.3. The van der Waals surface area contributed by atoms with Crippen LogP contribution in [0.15, 0.2) is 12.1 Å². The highest BCUT2D eigenvalue weighted by atomic mass is 19.1. The Balaban J connectivity index is 2.26. The van der Waals surface area contributed by atoms with E-state index in [1.807, 2.05) is 0 Å². The summed E-state index contributed by atoms with van der Waals surface area (Å²) in [7, 11) is 0. The van der Waals surface area contributed by atoms with Crippen molar-refractivity contribution in [3.63, 3.8) is 0 Å². The molecule has 0 aliphatic carbocycles. The van der Waals surface area contributed by atoms with Gasteiger partial charge < -0.3 is 10.5 Å². The summed E-state index contributed by atoms with van der Waals surface area (Å²) in [5, 5.41) is 0. The second-order valence-electron chi connectivity index (χ2n) is 4.26. The van der Waals surface area contributed by atoms with Crippen molar-refractivity contribution in [1.82, 2.24) is 0 Å². The molecule has 0 amide bonds. The van der Waals surface area contributed by atoms with Crippen LogP contribution in [0, 0.1) is 23.4 Å². The third-order valence-electron chi connectivity index (χ3n) is 3.15. The van der Waals surface area contributed by atoms with E-state index in [0.717, 1.165) is 0 Å². The van der Waals surface area contributed by atoms with Gasteiger partial charge in [0.25, 0.3) is 0 Å². The molecule has 94 valence electrons. The Hall–Kier alpha value is -1.07. The second kappa shape index (κ2) is 5.06. The number of hydrogen-bond donors (Lipinski definition) is 1. The molecule has 0 spiro atoms. The smallest absolute Gasteiger partial charge is 0.133 e. The van der Waals surface area contributed by atoms with Crippen LogP contribution in [-0.4, -0.2) is 13.2 Å². The van der Waals surface area contributed by atoms with Gasteiger partial charge in [0, 0.05) is 37.0 Å². The molecule has 1 saturated heterocycles. The SMILES string of the molecule is N[C@@H](c1c(F)cc(F)cc1F)C1CCOCC1. The van der Waals surface area contributed by atoms with Crippen molar-refractivity contribution >= 4 is 0 Å². The quantitative estimate of drug-likeness (QED) is 0.869. The molecule has 0 radical (unpaired) electrons. The van der Waals surface area contributed by atoms with Crippen LogP contribution in [0.5, 0.6) is 0 Å². The van der Waals surface area contributed by atoms with Crippen molar-refractivity contribution in [1.29, 1.82) is 0 Å². The van der Waals surface area contributed by atoms with Crippen molar-refractivity contribution in [2.75, 3.05) is 13.2 Å². The lowest BCUT2D eigenvalue weighted by atomic mass is 9.87. The van der Waals surface area contributed by atoms with E-state index in [1.165, 1.54) is 0 Å². The molecule has 1 aromatic carbocycles. The van der Waals surface area contributed by atoms with Gasteiger partial charge in [0.1, 0.15) is 17.5 Å². The van der Waals surface area contributed by atoms with Gasteiger partial charge in [0.2, 0.25) is 0 Å². The molecule has 1 fully saturated rings. The molecule has 2 nitrogen and oxygen atoms in total. The zero-order valence-electron chi connectivity index (χ0n) is 9.26. The lowest BCUT2D eigenvalue weighted by Crippen LogP contribution is -2.29. The van der Waals surface area contributed by atoms with E-state index >= 15 is 0 Å². The van der Waals surface area contributed by atoms with Crippen LogP contribution in [-0.2, 0) is 4.74 Å². The van der Waals surface area contributed by atoms with Gasteiger partial charge in [0.05, 0.1) is 0 Å². The van der Waals surface area contributed by atoms with Crippen LogP contribution in [0.2, 0.25) is 0 Å². The maximum absolute atomic E-state index is 13.5. The summed E-state index contributed by atoms with van der Waals surface area (Å²) in [6.07, 6.45) is 1.33. The summed E-state index contributed by atoms with van der Waals surface area (Å²) in [6.45, 7) is 1.09. The molecule has 5 heteroatoms. The predicted molar refractivity (Wildman–Crippen MR) is 56.8 cm³/mol. The number of hydrogen-bond acceptors (Lipinski definition) is 2.